The Balaban J connectivity index is 1.40. The first-order valence-corrected chi connectivity index (χ1v) is 12.7. The zero-order chi connectivity index (χ0) is 26.8. The van der Waals surface area contributed by atoms with Crippen LogP contribution in [0.25, 0.3) is 22.2 Å². The Morgan fingerprint density at radius 2 is 1.82 bits per heavy atom. The van der Waals surface area contributed by atoms with Gasteiger partial charge in [0, 0.05) is 28.7 Å². The molecule has 0 spiro atoms. The normalized spacial score (nSPS) is 12.0. The molecule has 194 valence electrons. The molecule has 5 rings (SSSR count). The lowest BCUT2D eigenvalue weighted by Gasteiger charge is -2.18. The van der Waals surface area contributed by atoms with Crippen LogP contribution >= 0.6 is 34.8 Å². The highest BCUT2D eigenvalue weighted by molar-refractivity contribution is 6.42. The fraction of sp³-hybridized carbons (Fsp3) is 0.115. The van der Waals surface area contributed by atoms with E-state index in [4.69, 9.17) is 51.3 Å². The van der Waals surface area contributed by atoms with E-state index in [9.17, 15) is 4.79 Å². The van der Waals surface area contributed by atoms with Gasteiger partial charge in [0.05, 0.1) is 21.6 Å². The molecule has 0 bridgehead atoms. The SMILES string of the molecule is Nc1ccc(Cl)c(Cl)c1CNC(=O)NC(Cc1ccccc1)c1nc(-c2ccc3c(N)n[nH]c3c2)c(Cl)[nH]1. The van der Waals surface area contributed by atoms with Crippen molar-refractivity contribution in [3.8, 4) is 11.3 Å². The van der Waals surface area contributed by atoms with Gasteiger partial charge in [0.15, 0.2) is 5.82 Å². The molecule has 1 atom stereocenters. The Labute approximate surface area is 232 Å². The number of fused-ring (bicyclic) bond motifs is 1. The summed E-state index contributed by atoms with van der Waals surface area (Å²) in [4.78, 5) is 20.8. The lowest BCUT2D eigenvalue weighted by Crippen LogP contribution is -2.39. The minimum Gasteiger partial charge on any atom is -0.398 e. The van der Waals surface area contributed by atoms with E-state index in [1.54, 1.807) is 12.1 Å². The molecule has 0 aliphatic carbocycles. The quantitative estimate of drug-likeness (QED) is 0.136. The zero-order valence-electron chi connectivity index (χ0n) is 19.9. The molecule has 2 heterocycles. The molecule has 5 aromatic rings. The number of aromatic nitrogens is 4. The number of halogens is 3. The number of anilines is 2. The van der Waals surface area contributed by atoms with Crippen molar-refractivity contribution in [1.82, 2.24) is 30.8 Å². The molecule has 0 fully saturated rings. The molecule has 12 heteroatoms. The van der Waals surface area contributed by atoms with Gasteiger partial charge in [0.25, 0.3) is 0 Å². The summed E-state index contributed by atoms with van der Waals surface area (Å²) in [7, 11) is 0. The Kier molecular flexibility index (Phi) is 7.33. The second-order valence-electron chi connectivity index (χ2n) is 8.65. The van der Waals surface area contributed by atoms with Crippen LogP contribution in [0.5, 0.6) is 0 Å². The molecule has 0 aliphatic rings. The number of nitrogens with two attached hydrogens (primary N) is 2. The van der Waals surface area contributed by atoms with Gasteiger partial charge in [0.2, 0.25) is 0 Å². The third-order valence-corrected chi connectivity index (χ3v) is 7.24. The Hall–Kier alpha value is -3.92. The van der Waals surface area contributed by atoms with Gasteiger partial charge in [0.1, 0.15) is 16.7 Å². The maximum atomic E-state index is 13.0. The maximum absolute atomic E-state index is 13.0. The highest BCUT2D eigenvalue weighted by atomic mass is 35.5. The van der Waals surface area contributed by atoms with Crippen LogP contribution in [0, 0.1) is 0 Å². The van der Waals surface area contributed by atoms with Gasteiger partial charge in [-0.3, -0.25) is 5.10 Å². The lowest BCUT2D eigenvalue weighted by atomic mass is 10.1. The summed E-state index contributed by atoms with van der Waals surface area (Å²) in [6.45, 7) is 0.0899. The van der Waals surface area contributed by atoms with Crippen molar-refractivity contribution < 1.29 is 4.79 Å². The smallest absolute Gasteiger partial charge is 0.315 e. The summed E-state index contributed by atoms with van der Waals surface area (Å²) < 4.78 is 0. The number of rotatable bonds is 7. The van der Waals surface area contributed by atoms with Crippen molar-refractivity contribution in [2.45, 2.75) is 19.0 Å². The first-order valence-electron chi connectivity index (χ1n) is 11.6. The highest BCUT2D eigenvalue weighted by Gasteiger charge is 2.22. The summed E-state index contributed by atoms with van der Waals surface area (Å²) in [5.41, 5.74) is 15.9. The Morgan fingerprint density at radius 1 is 1.03 bits per heavy atom. The van der Waals surface area contributed by atoms with Crippen molar-refractivity contribution in [2.24, 2.45) is 0 Å². The number of benzene rings is 3. The summed E-state index contributed by atoms with van der Waals surface area (Å²) in [6, 6.07) is 17.6. The number of nitrogens with one attached hydrogen (secondary N) is 4. The van der Waals surface area contributed by atoms with Crippen LogP contribution < -0.4 is 22.1 Å². The van der Waals surface area contributed by atoms with Gasteiger partial charge >= 0.3 is 6.03 Å². The largest absolute Gasteiger partial charge is 0.398 e. The van der Waals surface area contributed by atoms with Crippen LogP contribution in [-0.2, 0) is 13.0 Å². The first kappa shape index (κ1) is 25.7. The highest BCUT2D eigenvalue weighted by Crippen LogP contribution is 2.32. The molecule has 2 aromatic heterocycles. The number of hydrogen-bond donors (Lipinski definition) is 6. The third-order valence-electron chi connectivity index (χ3n) is 6.12. The van der Waals surface area contributed by atoms with Gasteiger partial charge < -0.3 is 27.1 Å². The minimum atomic E-state index is -0.526. The van der Waals surface area contributed by atoms with Crippen LogP contribution in [0.1, 0.15) is 23.0 Å². The molecule has 0 saturated heterocycles. The Morgan fingerprint density at radius 3 is 2.61 bits per heavy atom. The predicted octanol–water partition coefficient (Wildman–Crippen LogP) is 5.86. The number of nitrogen functional groups attached to an aromatic ring is 2. The summed E-state index contributed by atoms with van der Waals surface area (Å²) in [6.07, 6.45) is 0.466. The average Bonchev–Trinajstić information content (AvgIpc) is 3.48. The molecule has 3 aromatic carbocycles. The number of urea groups is 1. The molecule has 8 N–H and O–H groups in total. The summed E-state index contributed by atoms with van der Waals surface area (Å²) in [5.74, 6) is 0.910. The van der Waals surface area contributed by atoms with Crippen LogP contribution in [0.4, 0.5) is 16.3 Å². The predicted molar refractivity (Wildman–Crippen MR) is 152 cm³/mol. The molecule has 1 unspecified atom stereocenters. The lowest BCUT2D eigenvalue weighted by molar-refractivity contribution is 0.236. The molecular weight excluding hydrogens is 547 g/mol. The van der Waals surface area contributed by atoms with E-state index in [0.717, 1.165) is 22.0 Å². The average molecular weight is 570 g/mol. The van der Waals surface area contributed by atoms with Crippen LogP contribution in [0.15, 0.2) is 60.7 Å². The number of hydrogen-bond acceptors (Lipinski definition) is 5. The minimum absolute atomic E-state index is 0.0899. The van der Waals surface area contributed by atoms with E-state index in [-0.39, 0.29) is 6.54 Å². The maximum Gasteiger partial charge on any atom is 0.315 e. The van der Waals surface area contributed by atoms with Gasteiger partial charge in [-0.2, -0.15) is 5.10 Å². The van der Waals surface area contributed by atoms with Gasteiger partial charge in [-0.05, 0) is 36.2 Å². The summed E-state index contributed by atoms with van der Waals surface area (Å²) >= 11 is 19.0. The molecule has 9 nitrogen and oxygen atoms in total. The number of H-pyrrole nitrogens is 2. The number of amides is 2. The number of aromatic amines is 2. The molecule has 0 saturated carbocycles. The van der Waals surface area contributed by atoms with E-state index in [0.29, 0.717) is 50.2 Å². The fourth-order valence-electron chi connectivity index (χ4n) is 4.14. The van der Waals surface area contributed by atoms with Gasteiger partial charge in [-0.1, -0.05) is 71.2 Å². The third kappa shape index (κ3) is 5.35. The molecule has 2 amide bonds. The van der Waals surface area contributed by atoms with E-state index < -0.39 is 12.1 Å². The van der Waals surface area contributed by atoms with Crippen LogP contribution in [0.2, 0.25) is 15.2 Å². The Bertz CT molecular complexity index is 1620. The van der Waals surface area contributed by atoms with Crippen molar-refractivity contribution in [3.63, 3.8) is 0 Å². The van der Waals surface area contributed by atoms with Crippen molar-refractivity contribution >= 4 is 63.2 Å². The topological polar surface area (TPSA) is 151 Å². The summed E-state index contributed by atoms with van der Waals surface area (Å²) in [5, 5.41) is 14.5. The molecule has 0 radical (unpaired) electrons. The van der Waals surface area contributed by atoms with Gasteiger partial charge in [-0.15, -0.1) is 0 Å². The zero-order valence-corrected chi connectivity index (χ0v) is 22.1. The second-order valence-corrected chi connectivity index (χ2v) is 9.82. The van der Waals surface area contributed by atoms with E-state index in [2.05, 4.69) is 25.8 Å². The van der Waals surface area contributed by atoms with Gasteiger partial charge in [-0.25, -0.2) is 9.78 Å². The van der Waals surface area contributed by atoms with Crippen molar-refractivity contribution in [2.75, 3.05) is 11.5 Å². The first-order chi connectivity index (χ1) is 18.3. The van der Waals surface area contributed by atoms with E-state index >= 15 is 0 Å². The van der Waals surface area contributed by atoms with Crippen LogP contribution in [0.3, 0.4) is 0 Å². The van der Waals surface area contributed by atoms with E-state index in [1.165, 1.54) is 0 Å². The number of nitrogens with zero attached hydrogens (tertiary/aromatic N) is 2. The number of carbonyl (C=O) groups excluding carboxylic acids is 1. The second kappa shape index (κ2) is 10.8. The molecule has 38 heavy (non-hydrogen) atoms. The van der Waals surface area contributed by atoms with E-state index in [1.807, 2.05) is 48.5 Å². The number of imidazole rings is 1. The monoisotopic (exact) mass is 568 g/mol. The molecule has 0 aliphatic heterocycles. The van der Waals surface area contributed by atoms with Crippen molar-refractivity contribution in [3.05, 3.63) is 92.8 Å². The molecular formula is C26H23Cl3N8O. The van der Waals surface area contributed by atoms with Crippen molar-refractivity contribution in [1.29, 1.82) is 0 Å². The van der Waals surface area contributed by atoms with Crippen LogP contribution in [-0.4, -0.2) is 26.2 Å². The number of carbonyl (C=O) groups is 1. The standard InChI is InChI=1S/C26H23Cl3N8O/c27-17-8-9-18(30)16(21(17)28)12-32-26(38)33-20(10-13-4-2-1-3-5-13)25-34-22(23(29)35-25)14-6-7-15-19(11-14)36-37-24(15)31/h1-9,11,20H,10,12,30H2,(H,34,35)(H3,31,36,37)(H2,32,33,38). The fourth-order valence-corrected chi connectivity index (χ4v) is 4.81.